The maximum Gasteiger partial charge on any atom is 0.287 e. The number of nitriles is 1. The molecule has 2 N–H and O–H groups in total. The molecular formula is C16H14B3N7O2. The van der Waals surface area contributed by atoms with Crippen LogP contribution in [0.1, 0.15) is 24.6 Å². The summed E-state index contributed by atoms with van der Waals surface area (Å²) in [6, 6.07) is 4.08. The van der Waals surface area contributed by atoms with Crippen molar-refractivity contribution in [3.8, 4) is 6.07 Å². The normalized spacial score (nSPS) is 15.5. The smallest absolute Gasteiger partial charge is 0.287 e. The van der Waals surface area contributed by atoms with Crippen molar-refractivity contribution < 1.29 is 4.74 Å². The van der Waals surface area contributed by atoms with Gasteiger partial charge < -0.3 is 19.3 Å². The van der Waals surface area contributed by atoms with Crippen molar-refractivity contribution in [1.82, 2.24) is 24.3 Å². The number of rotatable bonds is 4. The first-order valence-corrected chi connectivity index (χ1v) is 8.68. The molecule has 1 fully saturated rings. The van der Waals surface area contributed by atoms with Crippen molar-refractivity contribution in [2.75, 3.05) is 18.5 Å². The summed E-state index contributed by atoms with van der Waals surface area (Å²) in [7, 11) is 16.7. The first-order chi connectivity index (χ1) is 13.4. The summed E-state index contributed by atoms with van der Waals surface area (Å²) >= 11 is 0. The van der Waals surface area contributed by atoms with Crippen LogP contribution in [0.3, 0.4) is 0 Å². The van der Waals surface area contributed by atoms with Crippen LogP contribution in [0.4, 0.5) is 11.6 Å². The Bertz CT molecular complexity index is 1120. The van der Waals surface area contributed by atoms with Gasteiger partial charge in [0.05, 0.1) is 23.5 Å². The molecule has 1 aliphatic rings. The van der Waals surface area contributed by atoms with E-state index < -0.39 is 10.8 Å². The minimum Gasteiger partial charge on any atom is -0.381 e. The molecule has 0 aliphatic carbocycles. The van der Waals surface area contributed by atoms with E-state index in [0.29, 0.717) is 24.6 Å². The van der Waals surface area contributed by atoms with Gasteiger partial charge in [-0.25, -0.2) is 4.98 Å². The van der Waals surface area contributed by atoms with Crippen molar-refractivity contribution in [3.05, 3.63) is 34.5 Å². The number of nitrogens with one attached hydrogen (secondary N) is 2. The Morgan fingerprint density at radius 2 is 2.11 bits per heavy atom. The summed E-state index contributed by atoms with van der Waals surface area (Å²) in [6.07, 6.45) is 4.53. The number of aromatic amines is 1. The minimum absolute atomic E-state index is 0.112. The number of hydrogen-bond acceptors (Lipinski definition) is 6. The van der Waals surface area contributed by atoms with Crippen molar-refractivity contribution >= 4 is 46.2 Å². The Kier molecular flexibility index (Phi) is 4.55. The summed E-state index contributed by atoms with van der Waals surface area (Å²) in [6.45, 7) is 1.26. The van der Waals surface area contributed by atoms with Crippen LogP contribution >= 0.6 is 0 Å². The van der Waals surface area contributed by atoms with Crippen LogP contribution in [0.2, 0.25) is 0 Å². The summed E-state index contributed by atoms with van der Waals surface area (Å²) < 4.78 is 8.40. The van der Waals surface area contributed by atoms with E-state index in [1.807, 2.05) is 4.57 Å². The van der Waals surface area contributed by atoms with Crippen LogP contribution in [0.25, 0.3) is 11.0 Å². The van der Waals surface area contributed by atoms with E-state index >= 15 is 0 Å². The van der Waals surface area contributed by atoms with Crippen LogP contribution in [0.5, 0.6) is 0 Å². The highest BCUT2D eigenvalue weighted by Crippen LogP contribution is 2.29. The molecule has 6 radical (unpaired) electrons. The summed E-state index contributed by atoms with van der Waals surface area (Å²) in [5.41, 5.74) is 0.779. The minimum atomic E-state index is -1.75. The number of fused-ring (bicyclic) bond motifs is 1. The number of aromatic nitrogens is 5. The Morgan fingerprint density at radius 3 is 2.75 bits per heavy atom. The molecule has 3 aromatic heterocycles. The molecule has 0 spiro atoms. The maximum absolute atomic E-state index is 12.1. The third-order valence-corrected chi connectivity index (χ3v) is 4.63. The molecule has 4 heterocycles. The van der Waals surface area contributed by atoms with E-state index in [2.05, 4.69) is 26.5 Å². The molecule has 4 rings (SSSR count). The van der Waals surface area contributed by atoms with E-state index in [1.165, 1.54) is 6.20 Å². The summed E-state index contributed by atoms with van der Waals surface area (Å²) in [5.74, 6) is 0.198. The Balaban J connectivity index is 1.73. The average molecular weight is 369 g/mol. The fraction of sp³-hybridized carbons (Fsp3) is 0.375. The summed E-state index contributed by atoms with van der Waals surface area (Å²) in [5, 5.41) is 13.8. The molecule has 0 bridgehead atoms. The average Bonchev–Trinajstić information content (AvgIpc) is 3.22. The Labute approximate surface area is 164 Å². The lowest BCUT2D eigenvalue weighted by Gasteiger charge is -2.24. The van der Waals surface area contributed by atoms with Crippen LogP contribution in [0, 0.1) is 11.3 Å². The highest BCUT2D eigenvalue weighted by molar-refractivity contribution is 6.56. The first kappa shape index (κ1) is 18.4. The molecule has 3 aromatic rings. The fourth-order valence-corrected chi connectivity index (χ4v) is 3.27. The van der Waals surface area contributed by atoms with Crippen molar-refractivity contribution in [2.24, 2.45) is 0 Å². The standard InChI is InChI=1S/C16H14B3N7O2/c17-16(18,19)25-8-12(14(27)24-25)22-15-21-7-9-5-11(6-20)26(13(9)23-15)10-1-3-28-4-2-10/h5,7-8,10H,1-4H2,(H,24,27)(H,21,22,23). The molecular weight excluding hydrogens is 355 g/mol. The third-order valence-electron chi connectivity index (χ3n) is 4.63. The first-order valence-electron chi connectivity index (χ1n) is 8.68. The predicted octanol–water partition coefficient (Wildman–Crippen LogP) is -0.0388. The number of nitrogens with zero attached hydrogens (tertiary/aromatic N) is 5. The molecule has 9 nitrogen and oxygen atoms in total. The molecule has 134 valence electrons. The topological polar surface area (TPSA) is 114 Å². The molecule has 0 unspecified atom stereocenters. The number of hydrogen-bond donors (Lipinski definition) is 2. The van der Waals surface area contributed by atoms with Crippen molar-refractivity contribution in [1.29, 1.82) is 5.26 Å². The number of H-pyrrole nitrogens is 1. The molecule has 0 amide bonds. The van der Waals surface area contributed by atoms with Crippen LogP contribution in [-0.4, -0.2) is 61.1 Å². The van der Waals surface area contributed by atoms with Crippen LogP contribution in [0.15, 0.2) is 23.3 Å². The summed E-state index contributed by atoms with van der Waals surface area (Å²) in [4.78, 5) is 20.8. The van der Waals surface area contributed by atoms with Gasteiger partial charge in [-0.3, -0.25) is 9.89 Å². The van der Waals surface area contributed by atoms with Gasteiger partial charge in [0.2, 0.25) is 5.95 Å². The highest BCUT2D eigenvalue weighted by Gasteiger charge is 2.22. The van der Waals surface area contributed by atoms with Gasteiger partial charge in [-0.15, -0.1) is 0 Å². The Morgan fingerprint density at radius 1 is 1.36 bits per heavy atom. The zero-order valence-corrected chi connectivity index (χ0v) is 14.9. The van der Waals surface area contributed by atoms with Crippen molar-refractivity contribution in [3.63, 3.8) is 0 Å². The van der Waals surface area contributed by atoms with Gasteiger partial charge in [0.25, 0.3) is 5.56 Å². The SMILES string of the molecule is [B]C([B])([B])n1cc(Nc2ncc3cc(C#N)n(C4CCOCC4)c3n2)c(=O)[nH]1. The van der Waals surface area contributed by atoms with Gasteiger partial charge >= 0.3 is 0 Å². The van der Waals surface area contributed by atoms with E-state index in [1.54, 1.807) is 12.3 Å². The van der Waals surface area contributed by atoms with Gasteiger partial charge in [-0.1, -0.05) is 0 Å². The van der Waals surface area contributed by atoms with Gasteiger partial charge in [-0.05, 0) is 24.1 Å². The quantitative estimate of drug-likeness (QED) is 0.625. The second-order valence-corrected chi connectivity index (χ2v) is 6.69. The second kappa shape index (κ2) is 6.91. The zero-order valence-electron chi connectivity index (χ0n) is 14.9. The lowest BCUT2D eigenvalue weighted by molar-refractivity contribution is 0.0704. The van der Waals surface area contributed by atoms with Crippen molar-refractivity contribution in [2.45, 2.75) is 24.1 Å². The van der Waals surface area contributed by atoms with E-state index in [4.69, 9.17) is 28.3 Å². The number of anilines is 2. The van der Waals surface area contributed by atoms with Gasteiger partial charge in [0.1, 0.15) is 23.1 Å². The molecule has 1 aliphatic heterocycles. The van der Waals surface area contributed by atoms with E-state index in [-0.39, 0.29) is 17.7 Å². The highest BCUT2D eigenvalue weighted by atomic mass is 16.5. The number of ether oxygens (including phenoxy) is 1. The van der Waals surface area contributed by atoms with Gasteiger partial charge in [-0.2, -0.15) is 10.2 Å². The lowest BCUT2D eigenvalue weighted by atomic mass is 9.49. The van der Waals surface area contributed by atoms with E-state index in [9.17, 15) is 10.1 Å². The lowest BCUT2D eigenvalue weighted by Crippen LogP contribution is -2.36. The molecule has 0 saturated carbocycles. The van der Waals surface area contributed by atoms with Gasteiger partial charge in [0, 0.05) is 37.0 Å². The predicted molar refractivity (Wildman–Crippen MR) is 105 cm³/mol. The maximum atomic E-state index is 12.1. The van der Waals surface area contributed by atoms with Gasteiger partial charge in [0.15, 0.2) is 0 Å². The Hall–Kier alpha value is -2.93. The van der Waals surface area contributed by atoms with Crippen LogP contribution < -0.4 is 10.9 Å². The third kappa shape index (κ3) is 3.33. The monoisotopic (exact) mass is 369 g/mol. The van der Waals surface area contributed by atoms with E-state index in [0.717, 1.165) is 22.9 Å². The molecule has 28 heavy (non-hydrogen) atoms. The molecule has 12 heteroatoms. The molecule has 0 atom stereocenters. The largest absolute Gasteiger partial charge is 0.381 e. The molecule has 0 aromatic carbocycles. The zero-order chi connectivity index (χ0) is 19.9. The fourth-order valence-electron chi connectivity index (χ4n) is 3.27. The van der Waals surface area contributed by atoms with Crippen LogP contribution in [-0.2, 0) is 9.97 Å². The molecule has 1 saturated heterocycles. The second-order valence-electron chi connectivity index (χ2n) is 6.69.